The highest BCUT2D eigenvalue weighted by Gasteiger charge is 2.07. The number of rotatable bonds is 9. The van der Waals surface area contributed by atoms with E-state index in [2.05, 4.69) is 31.8 Å². The average Bonchev–Trinajstić information content (AvgIpc) is 3.24. The van der Waals surface area contributed by atoms with Crippen molar-refractivity contribution in [2.75, 3.05) is 25.1 Å². The highest BCUT2D eigenvalue weighted by Crippen LogP contribution is 2.25. The number of hydrogen-bond acceptors (Lipinski definition) is 6. The molecule has 1 atom stereocenters. The molecule has 2 heterocycles. The standard InChI is InChI=1S/C16H23N7O/c1-12(17)3-2-5-24-6-4-18-15-7-13(23-10-20-21-11-23)8-16-14(15)9-19-22-16/h7-12,18H,2-6,17H2,1H3,(H,19,22)/t12-/m0/s1. The molecule has 0 fully saturated rings. The van der Waals surface area contributed by atoms with Gasteiger partial charge in [-0.1, -0.05) is 0 Å². The molecule has 0 aliphatic rings. The summed E-state index contributed by atoms with van der Waals surface area (Å²) in [5.41, 5.74) is 8.65. The molecule has 0 spiro atoms. The Kier molecular flexibility index (Phi) is 5.39. The van der Waals surface area contributed by atoms with E-state index in [1.807, 2.05) is 23.8 Å². The monoisotopic (exact) mass is 329 g/mol. The minimum Gasteiger partial charge on any atom is -0.382 e. The molecule has 8 heteroatoms. The third kappa shape index (κ3) is 4.09. The van der Waals surface area contributed by atoms with Gasteiger partial charge in [0.05, 0.1) is 24.0 Å². The summed E-state index contributed by atoms with van der Waals surface area (Å²) in [5.74, 6) is 0. The summed E-state index contributed by atoms with van der Waals surface area (Å²) in [5, 5.41) is 19.3. The molecule has 0 radical (unpaired) electrons. The van der Waals surface area contributed by atoms with Gasteiger partial charge >= 0.3 is 0 Å². The van der Waals surface area contributed by atoms with Crippen LogP contribution in [-0.2, 0) is 4.74 Å². The fraction of sp³-hybridized carbons (Fsp3) is 0.438. The van der Waals surface area contributed by atoms with Crippen molar-refractivity contribution in [1.29, 1.82) is 0 Å². The molecule has 4 N–H and O–H groups in total. The van der Waals surface area contributed by atoms with Crippen LogP contribution in [0.5, 0.6) is 0 Å². The molecular weight excluding hydrogens is 306 g/mol. The predicted molar refractivity (Wildman–Crippen MR) is 93.2 cm³/mol. The zero-order valence-corrected chi connectivity index (χ0v) is 13.8. The Bertz CT molecular complexity index is 751. The van der Waals surface area contributed by atoms with E-state index >= 15 is 0 Å². The minimum atomic E-state index is 0.238. The lowest BCUT2D eigenvalue weighted by Gasteiger charge is -2.11. The average molecular weight is 329 g/mol. The van der Waals surface area contributed by atoms with Gasteiger partial charge in [-0.3, -0.25) is 9.67 Å². The quantitative estimate of drug-likeness (QED) is 0.516. The Balaban J connectivity index is 1.59. The molecule has 8 nitrogen and oxygen atoms in total. The number of anilines is 1. The van der Waals surface area contributed by atoms with E-state index in [1.165, 1.54) is 0 Å². The summed E-state index contributed by atoms with van der Waals surface area (Å²) in [7, 11) is 0. The second kappa shape index (κ2) is 7.89. The van der Waals surface area contributed by atoms with Gasteiger partial charge in [-0.2, -0.15) is 5.10 Å². The fourth-order valence-electron chi connectivity index (χ4n) is 2.53. The molecule has 24 heavy (non-hydrogen) atoms. The first-order valence-electron chi connectivity index (χ1n) is 8.13. The van der Waals surface area contributed by atoms with Crippen LogP contribution in [0, 0.1) is 0 Å². The largest absolute Gasteiger partial charge is 0.382 e. The molecule has 0 amide bonds. The Hall–Kier alpha value is -2.45. The van der Waals surface area contributed by atoms with Gasteiger partial charge in [0, 0.05) is 30.3 Å². The zero-order valence-electron chi connectivity index (χ0n) is 13.8. The van der Waals surface area contributed by atoms with Crippen molar-refractivity contribution in [3.63, 3.8) is 0 Å². The first kappa shape index (κ1) is 16.4. The summed E-state index contributed by atoms with van der Waals surface area (Å²) in [6.07, 6.45) is 7.14. The molecule has 0 saturated heterocycles. The van der Waals surface area contributed by atoms with Crippen molar-refractivity contribution < 1.29 is 4.74 Å². The molecule has 128 valence electrons. The van der Waals surface area contributed by atoms with Crippen LogP contribution in [0.1, 0.15) is 19.8 Å². The maximum atomic E-state index is 5.72. The Morgan fingerprint density at radius 1 is 1.29 bits per heavy atom. The van der Waals surface area contributed by atoms with E-state index in [0.717, 1.165) is 48.3 Å². The van der Waals surface area contributed by atoms with Crippen molar-refractivity contribution >= 4 is 16.6 Å². The van der Waals surface area contributed by atoms with Crippen LogP contribution in [0.25, 0.3) is 16.6 Å². The molecule has 1 aromatic carbocycles. The number of nitrogens with one attached hydrogen (secondary N) is 2. The second-order valence-corrected chi connectivity index (χ2v) is 5.85. The van der Waals surface area contributed by atoms with Crippen molar-refractivity contribution in [2.24, 2.45) is 5.73 Å². The number of ether oxygens (including phenoxy) is 1. The Labute approximate surface area is 140 Å². The number of aromatic amines is 1. The summed E-state index contributed by atoms with van der Waals surface area (Å²) < 4.78 is 7.49. The molecular formula is C16H23N7O. The van der Waals surface area contributed by atoms with Gasteiger partial charge in [0.2, 0.25) is 0 Å². The van der Waals surface area contributed by atoms with Crippen LogP contribution in [-0.4, -0.2) is 50.8 Å². The van der Waals surface area contributed by atoms with Crippen molar-refractivity contribution in [2.45, 2.75) is 25.8 Å². The van der Waals surface area contributed by atoms with E-state index in [-0.39, 0.29) is 6.04 Å². The van der Waals surface area contributed by atoms with Gasteiger partial charge in [0.25, 0.3) is 0 Å². The van der Waals surface area contributed by atoms with Gasteiger partial charge < -0.3 is 15.8 Å². The topological polar surface area (TPSA) is 107 Å². The Morgan fingerprint density at radius 3 is 2.92 bits per heavy atom. The normalized spacial score (nSPS) is 12.6. The first-order chi connectivity index (χ1) is 11.7. The number of H-pyrrole nitrogens is 1. The molecule has 0 aliphatic heterocycles. The van der Waals surface area contributed by atoms with E-state index in [1.54, 1.807) is 12.7 Å². The molecule has 0 aliphatic carbocycles. The zero-order chi connectivity index (χ0) is 16.8. The van der Waals surface area contributed by atoms with Crippen LogP contribution in [0.2, 0.25) is 0 Å². The van der Waals surface area contributed by atoms with E-state index in [9.17, 15) is 0 Å². The van der Waals surface area contributed by atoms with Gasteiger partial charge in [-0.05, 0) is 31.9 Å². The van der Waals surface area contributed by atoms with Crippen molar-refractivity contribution in [3.05, 3.63) is 31.0 Å². The SMILES string of the molecule is C[C@H](N)CCCOCCNc1cc(-n2cnnc2)cc2[nH]ncc12. The number of hydrogen-bond donors (Lipinski definition) is 3. The number of nitrogens with zero attached hydrogens (tertiary/aromatic N) is 4. The van der Waals surface area contributed by atoms with Crippen LogP contribution >= 0.6 is 0 Å². The van der Waals surface area contributed by atoms with Crippen LogP contribution < -0.4 is 11.1 Å². The molecule has 2 aromatic heterocycles. The van der Waals surface area contributed by atoms with Crippen LogP contribution in [0.3, 0.4) is 0 Å². The molecule has 0 saturated carbocycles. The Morgan fingerprint density at radius 2 is 2.12 bits per heavy atom. The van der Waals surface area contributed by atoms with E-state index in [0.29, 0.717) is 6.61 Å². The number of fused-ring (bicyclic) bond motifs is 1. The van der Waals surface area contributed by atoms with Crippen LogP contribution in [0.4, 0.5) is 5.69 Å². The molecule has 0 bridgehead atoms. The highest BCUT2D eigenvalue weighted by molar-refractivity contribution is 5.93. The van der Waals surface area contributed by atoms with Crippen LogP contribution in [0.15, 0.2) is 31.0 Å². The third-order valence-electron chi connectivity index (χ3n) is 3.77. The maximum Gasteiger partial charge on any atom is 0.123 e. The van der Waals surface area contributed by atoms with Gasteiger partial charge in [-0.15, -0.1) is 10.2 Å². The number of benzene rings is 1. The lowest BCUT2D eigenvalue weighted by molar-refractivity contribution is 0.139. The lowest BCUT2D eigenvalue weighted by atomic mass is 10.2. The van der Waals surface area contributed by atoms with Gasteiger partial charge in [0.15, 0.2) is 0 Å². The maximum absolute atomic E-state index is 5.72. The number of nitrogens with two attached hydrogens (primary N) is 1. The summed E-state index contributed by atoms with van der Waals surface area (Å²) in [6.45, 7) is 4.13. The summed E-state index contributed by atoms with van der Waals surface area (Å²) in [4.78, 5) is 0. The van der Waals surface area contributed by atoms with E-state index < -0.39 is 0 Å². The van der Waals surface area contributed by atoms with Crippen molar-refractivity contribution in [3.8, 4) is 5.69 Å². The molecule has 3 rings (SSSR count). The summed E-state index contributed by atoms with van der Waals surface area (Å²) >= 11 is 0. The van der Waals surface area contributed by atoms with Gasteiger partial charge in [-0.25, -0.2) is 0 Å². The second-order valence-electron chi connectivity index (χ2n) is 5.85. The predicted octanol–water partition coefficient (Wildman–Crippen LogP) is 1.70. The smallest absolute Gasteiger partial charge is 0.123 e. The van der Waals surface area contributed by atoms with Gasteiger partial charge in [0.1, 0.15) is 12.7 Å². The van der Waals surface area contributed by atoms with Crippen molar-refractivity contribution in [1.82, 2.24) is 25.0 Å². The first-order valence-corrected chi connectivity index (χ1v) is 8.13. The minimum absolute atomic E-state index is 0.238. The lowest BCUT2D eigenvalue weighted by Crippen LogP contribution is -2.16. The molecule has 0 unspecified atom stereocenters. The molecule has 3 aromatic rings. The van der Waals surface area contributed by atoms with E-state index in [4.69, 9.17) is 10.5 Å². The highest BCUT2D eigenvalue weighted by atomic mass is 16.5. The number of aromatic nitrogens is 5. The summed E-state index contributed by atoms with van der Waals surface area (Å²) in [6, 6.07) is 4.31. The third-order valence-corrected chi connectivity index (χ3v) is 3.77. The fourth-order valence-corrected chi connectivity index (χ4v) is 2.53.